The molecule has 3 aromatic carbocycles. The molecule has 0 spiro atoms. The summed E-state index contributed by atoms with van der Waals surface area (Å²) in [6.07, 6.45) is 5.55. The number of hydrogen-bond donors (Lipinski definition) is 0. The summed E-state index contributed by atoms with van der Waals surface area (Å²) in [5.41, 5.74) is 0. The quantitative estimate of drug-likeness (QED) is 0.483. The van der Waals surface area contributed by atoms with Crippen LogP contribution in [0.4, 0.5) is 0 Å². The van der Waals surface area contributed by atoms with Crippen molar-refractivity contribution in [2.45, 2.75) is 6.92 Å². The maximum atomic E-state index is 2.32. The molecule has 0 aromatic heterocycles. The summed E-state index contributed by atoms with van der Waals surface area (Å²) in [6.45, 7) is 2.11. The zero-order chi connectivity index (χ0) is 16.0. The van der Waals surface area contributed by atoms with Crippen LogP contribution in [-0.4, -0.2) is 6.16 Å². The summed E-state index contributed by atoms with van der Waals surface area (Å²) in [4.78, 5) is 0. The van der Waals surface area contributed by atoms with Gasteiger partial charge in [-0.05, 0) is 43.3 Å². The van der Waals surface area contributed by atoms with Crippen LogP contribution in [0.5, 0.6) is 0 Å². The van der Waals surface area contributed by atoms with Gasteiger partial charge in [0.1, 0.15) is 23.2 Å². The molecule has 122 valence electrons. The molecule has 0 nitrogen and oxygen atoms in total. The Bertz CT molecular complexity index is 655. The van der Waals surface area contributed by atoms with Crippen molar-refractivity contribution in [2.24, 2.45) is 0 Å². The van der Waals surface area contributed by atoms with Gasteiger partial charge in [-0.15, -0.1) is 0 Å². The van der Waals surface area contributed by atoms with Gasteiger partial charge in [0.05, 0.1) is 6.16 Å². The second kappa shape index (κ2) is 8.83. The third kappa shape index (κ3) is 3.61. The van der Waals surface area contributed by atoms with E-state index in [0.29, 0.717) is 0 Å². The van der Waals surface area contributed by atoms with Gasteiger partial charge in [0.15, 0.2) is 0 Å². The lowest BCUT2D eigenvalue weighted by atomic mass is 10.4. The highest BCUT2D eigenvalue weighted by Gasteiger charge is 2.43. The van der Waals surface area contributed by atoms with Crippen molar-refractivity contribution in [3.05, 3.63) is 103 Å². The third-order valence-corrected chi connectivity index (χ3v) is 8.50. The van der Waals surface area contributed by atoms with Gasteiger partial charge in [-0.3, -0.25) is 0 Å². The Morgan fingerprint density at radius 1 is 0.625 bits per heavy atom. The van der Waals surface area contributed by atoms with E-state index >= 15 is 0 Å². The van der Waals surface area contributed by atoms with Crippen molar-refractivity contribution in [2.75, 3.05) is 6.16 Å². The average molecular weight is 353 g/mol. The molecule has 24 heavy (non-hydrogen) atoms. The molecule has 0 aliphatic heterocycles. The van der Waals surface area contributed by atoms with Gasteiger partial charge < -0.3 is 12.4 Å². The van der Waals surface area contributed by atoms with Gasteiger partial charge in [-0.1, -0.05) is 66.7 Å². The van der Waals surface area contributed by atoms with Crippen LogP contribution in [0.3, 0.4) is 0 Å². The van der Waals surface area contributed by atoms with Crippen LogP contribution < -0.4 is 28.3 Å². The van der Waals surface area contributed by atoms with Crippen LogP contribution in [-0.2, 0) is 0 Å². The Morgan fingerprint density at radius 2 is 0.958 bits per heavy atom. The largest absolute Gasteiger partial charge is 1.00 e. The van der Waals surface area contributed by atoms with E-state index in [1.165, 1.54) is 15.9 Å². The van der Waals surface area contributed by atoms with Gasteiger partial charge in [0, 0.05) is 0 Å². The Hall–Kier alpha value is -1.88. The number of halogens is 1. The molecular formula is C22H22ClP. The maximum Gasteiger partial charge on any atom is 0.115 e. The lowest BCUT2D eigenvalue weighted by Gasteiger charge is -2.26. The van der Waals surface area contributed by atoms with Crippen LogP contribution in [0, 0.1) is 0 Å². The fourth-order valence-electron chi connectivity index (χ4n) is 3.07. The van der Waals surface area contributed by atoms with Crippen molar-refractivity contribution in [3.63, 3.8) is 0 Å². The first-order chi connectivity index (χ1) is 11.4. The molecular weight excluding hydrogens is 331 g/mol. The molecule has 0 bridgehead atoms. The normalized spacial score (nSPS) is 11.2. The zero-order valence-electron chi connectivity index (χ0n) is 13.8. The highest BCUT2D eigenvalue weighted by Crippen LogP contribution is 2.55. The number of allylic oxidation sites excluding steroid dienone is 2. The van der Waals surface area contributed by atoms with Crippen LogP contribution in [0.15, 0.2) is 103 Å². The molecule has 2 heteroatoms. The summed E-state index contributed by atoms with van der Waals surface area (Å²) in [7, 11) is -1.66. The van der Waals surface area contributed by atoms with Crippen molar-refractivity contribution in [3.8, 4) is 0 Å². The van der Waals surface area contributed by atoms with Gasteiger partial charge >= 0.3 is 0 Å². The Labute approximate surface area is 152 Å². The standard InChI is InChI=1S/C22H22P.ClH/c1-2-3-19-23(20-13-7-4-8-14-20,21-15-9-5-10-16-21)22-17-11-6-12-18-22;/h2-18H,19H2,1H3;1H/q+1;/p-1/b3-2+;. The second-order valence-corrected chi connectivity index (χ2v) is 9.10. The van der Waals surface area contributed by atoms with E-state index in [9.17, 15) is 0 Å². The van der Waals surface area contributed by atoms with Crippen molar-refractivity contribution >= 4 is 23.2 Å². The first-order valence-corrected chi connectivity index (χ1v) is 10.0. The van der Waals surface area contributed by atoms with Gasteiger partial charge in [-0.2, -0.15) is 0 Å². The molecule has 0 fully saturated rings. The summed E-state index contributed by atoms with van der Waals surface area (Å²) in [6, 6.07) is 33.0. The number of rotatable bonds is 5. The molecule has 0 heterocycles. The van der Waals surface area contributed by atoms with E-state index in [1.54, 1.807) is 0 Å². The van der Waals surface area contributed by atoms with E-state index in [2.05, 4.69) is 110 Å². The number of benzene rings is 3. The summed E-state index contributed by atoms with van der Waals surface area (Å²) >= 11 is 0. The van der Waals surface area contributed by atoms with Crippen LogP contribution >= 0.6 is 7.26 Å². The minimum absolute atomic E-state index is 0. The lowest BCUT2D eigenvalue weighted by Crippen LogP contribution is -3.00. The van der Waals surface area contributed by atoms with E-state index in [0.717, 1.165) is 6.16 Å². The van der Waals surface area contributed by atoms with Crippen LogP contribution in [0.25, 0.3) is 0 Å². The van der Waals surface area contributed by atoms with Crippen LogP contribution in [0.1, 0.15) is 6.92 Å². The third-order valence-electron chi connectivity index (χ3n) is 4.21. The molecule has 0 unspecified atom stereocenters. The SMILES string of the molecule is C/C=C/C[P+](c1ccccc1)(c1ccccc1)c1ccccc1.[Cl-]. The topological polar surface area (TPSA) is 0 Å². The van der Waals surface area contributed by atoms with E-state index in [4.69, 9.17) is 0 Å². The molecule has 0 radical (unpaired) electrons. The molecule has 0 amide bonds. The highest BCUT2D eigenvalue weighted by molar-refractivity contribution is 7.95. The Balaban J connectivity index is 0.00000208. The fourth-order valence-corrected chi connectivity index (χ4v) is 7.17. The minimum Gasteiger partial charge on any atom is -1.00 e. The smallest absolute Gasteiger partial charge is 0.115 e. The minimum atomic E-state index is -1.66. The molecule has 0 aliphatic rings. The van der Waals surface area contributed by atoms with E-state index < -0.39 is 7.26 Å². The molecule has 3 aromatic rings. The second-order valence-electron chi connectivity index (χ2n) is 5.57. The van der Waals surface area contributed by atoms with Gasteiger partial charge in [0.25, 0.3) is 0 Å². The molecule has 0 atom stereocenters. The highest BCUT2D eigenvalue weighted by atomic mass is 35.5. The predicted octanol–water partition coefficient (Wildman–Crippen LogP) is 1.56. The van der Waals surface area contributed by atoms with Crippen molar-refractivity contribution in [1.82, 2.24) is 0 Å². The average Bonchev–Trinajstić information content (AvgIpc) is 2.65. The predicted molar refractivity (Wildman–Crippen MR) is 105 cm³/mol. The molecule has 3 rings (SSSR count). The summed E-state index contributed by atoms with van der Waals surface area (Å²) < 4.78 is 0. The molecule has 0 saturated heterocycles. The van der Waals surface area contributed by atoms with Gasteiger partial charge in [0.2, 0.25) is 0 Å². The summed E-state index contributed by atoms with van der Waals surface area (Å²) in [5.74, 6) is 0. The maximum absolute atomic E-state index is 2.32. The number of hydrogen-bond acceptors (Lipinski definition) is 0. The fraction of sp³-hybridized carbons (Fsp3) is 0.0909. The monoisotopic (exact) mass is 352 g/mol. The van der Waals surface area contributed by atoms with Crippen molar-refractivity contribution in [1.29, 1.82) is 0 Å². The summed E-state index contributed by atoms with van der Waals surface area (Å²) in [5, 5.41) is 4.32. The molecule has 0 aliphatic carbocycles. The zero-order valence-corrected chi connectivity index (χ0v) is 15.5. The molecule has 0 N–H and O–H groups in total. The Kier molecular flexibility index (Phi) is 6.79. The van der Waals surface area contributed by atoms with E-state index in [-0.39, 0.29) is 12.4 Å². The molecule has 0 saturated carbocycles. The Morgan fingerprint density at radius 3 is 1.25 bits per heavy atom. The van der Waals surface area contributed by atoms with Crippen molar-refractivity contribution < 1.29 is 12.4 Å². The first kappa shape index (κ1) is 18.5. The van der Waals surface area contributed by atoms with Gasteiger partial charge in [-0.25, -0.2) is 0 Å². The van der Waals surface area contributed by atoms with Crippen LogP contribution in [0.2, 0.25) is 0 Å². The first-order valence-electron chi connectivity index (χ1n) is 8.04. The lowest BCUT2D eigenvalue weighted by molar-refractivity contribution is -0.00000450. The van der Waals surface area contributed by atoms with E-state index in [1.807, 2.05) is 0 Å².